The van der Waals surface area contributed by atoms with Gasteiger partial charge in [-0.3, -0.25) is 0 Å². The van der Waals surface area contributed by atoms with Gasteiger partial charge in [-0.2, -0.15) is 0 Å². The molecule has 0 bridgehead atoms. The van der Waals surface area contributed by atoms with Gasteiger partial charge in [0.25, 0.3) is 0 Å². The summed E-state index contributed by atoms with van der Waals surface area (Å²) in [6.45, 7) is 8.43. The number of hydrogen-bond donors (Lipinski definition) is 1. The predicted molar refractivity (Wildman–Crippen MR) is 111 cm³/mol. The summed E-state index contributed by atoms with van der Waals surface area (Å²) in [5, 5.41) is 2.55. The van der Waals surface area contributed by atoms with Gasteiger partial charge in [0.2, 0.25) is 0 Å². The van der Waals surface area contributed by atoms with Crippen molar-refractivity contribution in [1.82, 2.24) is 5.32 Å². The molecule has 1 aliphatic rings. The third-order valence-electron chi connectivity index (χ3n) is 3.94. The third-order valence-corrected chi connectivity index (χ3v) is 3.94. The van der Waals surface area contributed by atoms with E-state index in [2.05, 4.69) is 79.8 Å². The van der Waals surface area contributed by atoms with Crippen molar-refractivity contribution in [1.29, 1.82) is 0 Å². The lowest BCUT2D eigenvalue weighted by atomic mass is 10.0. The first kappa shape index (κ1) is 22.7. The van der Waals surface area contributed by atoms with Crippen molar-refractivity contribution in [3.05, 3.63) is 71.8 Å². The van der Waals surface area contributed by atoms with E-state index in [9.17, 15) is 4.79 Å². The molecule has 1 saturated heterocycles. The number of hydrogen-bond acceptors (Lipinski definition) is 3. The summed E-state index contributed by atoms with van der Waals surface area (Å²) in [6.07, 6.45) is 1.84. The minimum Gasteiger partial charge on any atom is -0.441 e. The van der Waals surface area contributed by atoms with Gasteiger partial charge in [-0.1, -0.05) is 80.9 Å². The molecule has 1 atom stereocenters. The van der Waals surface area contributed by atoms with E-state index in [1.807, 2.05) is 13.8 Å². The molecule has 3 rings (SSSR count). The normalized spacial score (nSPS) is 17.2. The van der Waals surface area contributed by atoms with Crippen LogP contribution in [0, 0.1) is 0 Å². The van der Waals surface area contributed by atoms with Gasteiger partial charge in [0.15, 0.2) is 0 Å². The molecular weight excluding hydrogens is 338 g/mol. The summed E-state index contributed by atoms with van der Waals surface area (Å²) in [5.41, 5.74) is 2.22. The van der Waals surface area contributed by atoms with Gasteiger partial charge in [-0.05, 0) is 31.4 Å². The Morgan fingerprint density at radius 2 is 1.44 bits per heavy atom. The molecule has 0 radical (unpaired) electrons. The highest BCUT2D eigenvalue weighted by Gasteiger charge is 2.37. The van der Waals surface area contributed by atoms with Crippen LogP contribution in [-0.4, -0.2) is 31.5 Å². The summed E-state index contributed by atoms with van der Waals surface area (Å²) in [4.78, 5) is 10.8. The van der Waals surface area contributed by atoms with Crippen LogP contribution in [0.4, 0.5) is 4.79 Å². The maximum absolute atomic E-state index is 10.8. The number of alkyl carbamates (subject to hydrolysis) is 1. The molecule has 0 aromatic heterocycles. The molecule has 2 aromatic rings. The van der Waals surface area contributed by atoms with Gasteiger partial charge in [-0.15, -0.1) is 0 Å². The Morgan fingerprint density at radius 1 is 1.00 bits per heavy atom. The number of carbonyl (C=O) groups excluding carboxylic acids is 1. The number of methoxy groups -OCH3 is 1. The zero-order valence-corrected chi connectivity index (χ0v) is 17.2. The monoisotopic (exact) mass is 371 g/mol. The summed E-state index contributed by atoms with van der Waals surface area (Å²) in [5.74, 6) is 0. The predicted octanol–water partition coefficient (Wildman–Crippen LogP) is 5.21. The molecule has 1 fully saturated rings. The third kappa shape index (κ3) is 8.74. The van der Waals surface area contributed by atoms with E-state index in [0.717, 1.165) is 6.42 Å². The summed E-state index contributed by atoms with van der Waals surface area (Å²) in [7, 11) is 1.60. The Kier molecular flexibility index (Phi) is 10.2. The van der Waals surface area contributed by atoms with E-state index in [-0.39, 0.29) is 12.2 Å². The van der Waals surface area contributed by atoms with Crippen molar-refractivity contribution in [3.63, 3.8) is 0 Å². The summed E-state index contributed by atoms with van der Waals surface area (Å²) < 4.78 is 10.1. The van der Waals surface area contributed by atoms with E-state index in [4.69, 9.17) is 9.47 Å². The standard InChI is InChI=1S/C13H12.C7H13NO3.C3H8/c1-3-7-12(8-4-1)11-13-9-5-2-6-10-13;1-7(2)5(10-3)4-8-6(9)11-7;1-3-2/h1-10H,11H2;5H,4H2,1-3H3,(H,8,9);3H2,1-2H3. The molecule has 27 heavy (non-hydrogen) atoms. The average Bonchev–Trinajstić information content (AvgIpc) is 2.64. The van der Waals surface area contributed by atoms with Crippen LogP contribution < -0.4 is 5.32 Å². The van der Waals surface area contributed by atoms with Crippen LogP contribution in [-0.2, 0) is 15.9 Å². The van der Waals surface area contributed by atoms with Crippen LogP contribution in [0.15, 0.2) is 60.7 Å². The molecular formula is C23H33NO3. The number of carbonyl (C=O) groups is 1. The molecule has 1 amide bonds. The average molecular weight is 372 g/mol. The molecule has 2 aromatic carbocycles. The Bertz CT molecular complexity index is 604. The van der Waals surface area contributed by atoms with E-state index < -0.39 is 5.60 Å². The summed E-state index contributed by atoms with van der Waals surface area (Å²) in [6, 6.07) is 21.1. The zero-order chi connectivity index (χ0) is 20.1. The van der Waals surface area contributed by atoms with Gasteiger partial charge in [0.1, 0.15) is 11.7 Å². The first-order valence-electron chi connectivity index (χ1n) is 9.50. The number of benzene rings is 2. The van der Waals surface area contributed by atoms with E-state index >= 15 is 0 Å². The summed E-state index contributed by atoms with van der Waals surface area (Å²) >= 11 is 0. The van der Waals surface area contributed by atoms with Crippen molar-refractivity contribution in [2.24, 2.45) is 0 Å². The van der Waals surface area contributed by atoms with Crippen molar-refractivity contribution < 1.29 is 14.3 Å². The second-order valence-corrected chi connectivity index (χ2v) is 6.95. The number of cyclic esters (lactones) is 1. The van der Waals surface area contributed by atoms with Gasteiger partial charge in [0, 0.05) is 7.11 Å². The van der Waals surface area contributed by atoms with Crippen LogP contribution in [0.3, 0.4) is 0 Å². The highest BCUT2D eigenvalue weighted by molar-refractivity contribution is 5.68. The first-order valence-corrected chi connectivity index (χ1v) is 9.50. The topological polar surface area (TPSA) is 47.6 Å². The molecule has 1 heterocycles. The fourth-order valence-electron chi connectivity index (χ4n) is 2.56. The second-order valence-electron chi connectivity index (χ2n) is 6.95. The zero-order valence-electron chi connectivity index (χ0n) is 17.2. The lowest BCUT2D eigenvalue weighted by Crippen LogP contribution is -2.55. The largest absolute Gasteiger partial charge is 0.441 e. The Morgan fingerprint density at radius 3 is 1.81 bits per heavy atom. The maximum atomic E-state index is 10.8. The molecule has 1 aliphatic heterocycles. The smallest absolute Gasteiger partial charge is 0.407 e. The van der Waals surface area contributed by atoms with Crippen molar-refractivity contribution in [2.75, 3.05) is 13.7 Å². The first-order chi connectivity index (χ1) is 12.9. The lowest BCUT2D eigenvalue weighted by molar-refractivity contribution is -0.0930. The van der Waals surface area contributed by atoms with Crippen LogP contribution >= 0.6 is 0 Å². The van der Waals surface area contributed by atoms with E-state index in [0.29, 0.717) is 6.54 Å². The highest BCUT2D eigenvalue weighted by Crippen LogP contribution is 2.20. The van der Waals surface area contributed by atoms with Crippen LogP contribution in [0.1, 0.15) is 45.2 Å². The lowest BCUT2D eigenvalue weighted by Gasteiger charge is -2.36. The van der Waals surface area contributed by atoms with Crippen molar-refractivity contribution in [2.45, 2.75) is 52.2 Å². The van der Waals surface area contributed by atoms with Crippen LogP contribution in [0.25, 0.3) is 0 Å². The Labute approximate surface area is 163 Å². The SMILES string of the molecule is CCC.COC1CNC(=O)OC1(C)C.c1ccc(Cc2ccccc2)cc1. The molecule has 4 heteroatoms. The Balaban J connectivity index is 0.000000239. The minimum absolute atomic E-state index is 0.0693. The van der Waals surface area contributed by atoms with Crippen molar-refractivity contribution >= 4 is 6.09 Å². The van der Waals surface area contributed by atoms with Gasteiger partial charge in [0.05, 0.1) is 6.54 Å². The number of nitrogens with one attached hydrogen (secondary N) is 1. The van der Waals surface area contributed by atoms with Crippen LogP contribution in [0.5, 0.6) is 0 Å². The molecule has 0 saturated carbocycles. The number of ether oxygens (including phenoxy) is 2. The number of rotatable bonds is 3. The molecule has 0 aliphatic carbocycles. The van der Waals surface area contributed by atoms with E-state index in [1.54, 1.807) is 7.11 Å². The maximum Gasteiger partial charge on any atom is 0.407 e. The van der Waals surface area contributed by atoms with Crippen LogP contribution in [0.2, 0.25) is 0 Å². The fourth-order valence-corrected chi connectivity index (χ4v) is 2.56. The quantitative estimate of drug-likeness (QED) is 0.805. The van der Waals surface area contributed by atoms with Gasteiger partial charge >= 0.3 is 6.09 Å². The fraction of sp³-hybridized carbons (Fsp3) is 0.435. The van der Waals surface area contributed by atoms with Crippen molar-refractivity contribution in [3.8, 4) is 0 Å². The van der Waals surface area contributed by atoms with Gasteiger partial charge < -0.3 is 14.8 Å². The molecule has 148 valence electrons. The van der Waals surface area contributed by atoms with E-state index in [1.165, 1.54) is 17.5 Å². The molecule has 1 unspecified atom stereocenters. The van der Waals surface area contributed by atoms with Gasteiger partial charge in [-0.25, -0.2) is 4.79 Å². The molecule has 0 spiro atoms. The Hall–Kier alpha value is -2.33. The molecule has 1 N–H and O–H groups in total. The molecule has 4 nitrogen and oxygen atoms in total. The minimum atomic E-state index is -0.517. The number of amides is 1. The second kappa shape index (κ2) is 12.1. The highest BCUT2D eigenvalue weighted by atomic mass is 16.6.